The maximum absolute atomic E-state index is 14.2. The number of halogens is 3. The van der Waals surface area contributed by atoms with Crippen molar-refractivity contribution in [3.63, 3.8) is 0 Å². The van der Waals surface area contributed by atoms with Crippen LogP contribution in [0, 0.1) is 24.4 Å². The van der Waals surface area contributed by atoms with Crippen LogP contribution in [0.5, 0.6) is 0 Å². The van der Waals surface area contributed by atoms with E-state index in [1.54, 1.807) is 13.2 Å². The number of hydrogen-bond donors (Lipinski definition) is 0. The number of aryl methyl sites for hydroxylation is 2. The first-order valence-corrected chi connectivity index (χ1v) is 12.0. The zero-order valence-corrected chi connectivity index (χ0v) is 21.1. The summed E-state index contributed by atoms with van der Waals surface area (Å²) in [5.74, 6) is -4.24. The third-order valence-corrected chi connectivity index (χ3v) is 6.74. The Labute approximate surface area is 210 Å². The van der Waals surface area contributed by atoms with Gasteiger partial charge in [0.2, 0.25) is 5.91 Å². The first-order valence-electron chi connectivity index (χ1n) is 11.4. The van der Waals surface area contributed by atoms with Gasteiger partial charge in [-0.05, 0) is 36.5 Å². The molecule has 1 unspecified atom stereocenters. The zero-order chi connectivity index (χ0) is 25.8. The molecule has 0 aliphatic carbocycles. The van der Waals surface area contributed by atoms with Crippen LogP contribution >= 0.6 is 9.24 Å². The van der Waals surface area contributed by atoms with Gasteiger partial charge in [-0.3, -0.25) is 9.69 Å². The lowest BCUT2D eigenvalue weighted by Gasteiger charge is -2.21. The predicted molar refractivity (Wildman–Crippen MR) is 139 cm³/mol. The summed E-state index contributed by atoms with van der Waals surface area (Å²) in [5.41, 5.74) is 3.30. The number of anilines is 1. The van der Waals surface area contributed by atoms with Gasteiger partial charge < -0.3 is 0 Å². The van der Waals surface area contributed by atoms with Crippen molar-refractivity contribution in [3.8, 4) is 11.3 Å². The molecule has 3 aromatic carbocycles. The first-order chi connectivity index (χ1) is 17.3. The Morgan fingerprint density at radius 3 is 2.22 bits per heavy atom. The topological polar surface area (TPSA) is 46.1 Å². The van der Waals surface area contributed by atoms with E-state index in [4.69, 9.17) is 4.98 Å². The van der Waals surface area contributed by atoms with Gasteiger partial charge in [0.25, 0.3) is 0 Å². The fourth-order valence-corrected chi connectivity index (χ4v) is 4.43. The zero-order valence-electron chi connectivity index (χ0n) is 19.9. The number of aromatic nitrogens is 2. The maximum Gasteiger partial charge on any atom is 0.232 e. The molecule has 4 nitrogen and oxygen atoms in total. The predicted octanol–water partition coefficient (Wildman–Crippen LogP) is 5.36. The number of carbonyl (C=O) groups excluding carboxylic acids is 1. The van der Waals surface area contributed by atoms with Crippen molar-refractivity contribution in [2.24, 2.45) is 0 Å². The Kier molecular flexibility index (Phi) is 7.80. The smallest absolute Gasteiger partial charge is 0.232 e. The average Bonchev–Trinajstić information content (AvgIpc) is 2.92. The number of rotatable bonds is 7. The van der Waals surface area contributed by atoms with Gasteiger partial charge in [-0.2, -0.15) is 0 Å². The number of benzene rings is 3. The first kappa shape index (κ1) is 25.5. The van der Waals surface area contributed by atoms with Crippen LogP contribution in [0.2, 0.25) is 0 Å². The molecule has 1 aromatic heterocycles. The van der Waals surface area contributed by atoms with Gasteiger partial charge in [0.1, 0.15) is 0 Å². The molecule has 0 aliphatic heterocycles. The molecule has 0 spiro atoms. The number of nitrogens with zero attached hydrogens (tertiary/aromatic N) is 3. The highest BCUT2D eigenvalue weighted by atomic mass is 31.0. The van der Waals surface area contributed by atoms with E-state index in [2.05, 4.69) is 14.2 Å². The molecule has 1 amide bonds. The summed E-state index contributed by atoms with van der Waals surface area (Å²) in [5, 5.41) is -0.164. The van der Waals surface area contributed by atoms with E-state index in [-0.39, 0.29) is 22.9 Å². The third kappa shape index (κ3) is 5.31. The summed E-state index contributed by atoms with van der Waals surface area (Å²) < 4.78 is 42.1. The fourth-order valence-electron chi connectivity index (χ4n) is 3.99. The minimum absolute atomic E-state index is 0.0907. The van der Waals surface area contributed by atoms with E-state index in [1.807, 2.05) is 60.7 Å². The third-order valence-electron chi connectivity index (χ3n) is 6.13. The Morgan fingerprint density at radius 2 is 1.56 bits per heavy atom. The highest BCUT2D eigenvalue weighted by Gasteiger charge is 2.25. The molecule has 1 atom stereocenters. The van der Waals surface area contributed by atoms with Gasteiger partial charge in [-0.25, -0.2) is 23.1 Å². The lowest BCUT2D eigenvalue weighted by molar-refractivity contribution is -0.117. The van der Waals surface area contributed by atoms with E-state index in [0.29, 0.717) is 30.0 Å². The van der Waals surface area contributed by atoms with Crippen molar-refractivity contribution in [1.29, 1.82) is 0 Å². The van der Waals surface area contributed by atoms with E-state index < -0.39 is 23.4 Å². The molecule has 0 fully saturated rings. The minimum atomic E-state index is -1.55. The second-order valence-corrected chi connectivity index (χ2v) is 9.04. The normalized spacial score (nSPS) is 10.9. The quantitative estimate of drug-likeness (QED) is 0.250. The van der Waals surface area contributed by atoms with Crippen LogP contribution in [0.1, 0.15) is 22.4 Å². The van der Waals surface area contributed by atoms with Gasteiger partial charge in [0.15, 0.2) is 23.3 Å². The van der Waals surface area contributed by atoms with Crippen LogP contribution in [0.25, 0.3) is 11.3 Å². The summed E-state index contributed by atoms with van der Waals surface area (Å²) in [7, 11) is 3.61. The van der Waals surface area contributed by atoms with E-state index in [1.165, 1.54) is 11.8 Å². The number of likely N-dealkylation sites (N-methyl/N-ethyl adjacent to an activating group) is 1. The molecule has 4 aromatic rings. The van der Waals surface area contributed by atoms with Crippen molar-refractivity contribution in [1.82, 2.24) is 9.97 Å². The molecular formula is C28H25F3N3OP. The van der Waals surface area contributed by atoms with E-state index in [9.17, 15) is 18.0 Å². The largest absolute Gasteiger partial charge is 0.298 e. The molecule has 8 heteroatoms. The van der Waals surface area contributed by atoms with Crippen LogP contribution in [0.4, 0.5) is 19.0 Å². The molecule has 0 bridgehead atoms. The Morgan fingerprint density at radius 1 is 0.917 bits per heavy atom. The van der Waals surface area contributed by atoms with Gasteiger partial charge in [-0.15, -0.1) is 9.24 Å². The van der Waals surface area contributed by atoms with E-state index in [0.717, 1.165) is 11.1 Å². The Balaban J connectivity index is 1.67. The molecule has 1 heterocycles. The van der Waals surface area contributed by atoms with Gasteiger partial charge in [0, 0.05) is 17.9 Å². The van der Waals surface area contributed by atoms with Crippen molar-refractivity contribution < 1.29 is 18.0 Å². The molecule has 184 valence electrons. The molecule has 0 saturated heterocycles. The molecule has 0 N–H and O–H groups in total. The fraction of sp³-hybridized carbons (Fsp3) is 0.179. The van der Waals surface area contributed by atoms with Crippen LogP contribution < -0.4 is 10.2 Å². The molecule has 0 radical (unpaired) electrons. The van der Waals surface area contributed by atoms with E-state index >= 15 is 0 Å². The number of amides is 1. The highest BCUT2D eigenvalue weighted by molar-refractivity contribution is 7.27. The SMILES string of the molecule is Cc1c(F)c(F)c(F)c(P)c1CC(=O)N(C)c1ncc(-c2ccccc2)nc1CCc1ccccc1. The maximum atomic E-state index is 14.2. The molecule has 36 heavy (non-hydrogen) atoms. The lowest BCUT2D eigenvalue weighted by Crippen LogP contribution is -2.32. The molecule has 4 rings (SSSR count). The van der Waals surface area contributed by atoms with Crippen molar-refractivity contribution in [3.05, 3.63) is 107 Å². The van der Waals surface area contributed by atoms with Crippen LogP contribution in [-0.4, -0.2) is 22.9 Å². The van der Waals surface area contributed by atoms with Crippen LogP contribution in [0.3, 0.4) is 0 Å². The van der Waals surface area contributed by atoms with Gasteiger partial charge in [-0.1, -0.05) is 60.7 Å². The lowest BCUT2D eigenvalue weighted by atomic mass is 10.0. The Hall–Kier alpha value is -3.57. The number of carbonyl (C=O) groups is 1. The monoisotopic (exact) mass is 507 g/mol. The van der Waals surface area contributed by atoms with Crippen molar-refractivity contribution in [2.75, 3.05) is 11.9 Å². The summed E-state index contributed by atoms with van der Waals surface area (Å²) in [6, 6.07) is 19.5. The van der Waals surface area contributed by atoms with Gasteiger partial charge in [0.05, 0.1) is 24.0 Å². The second kappa shape index (κ2) is 11.0. The summed E-state index contributed by atoms with van der Waals surface area (Å²) >= 11 is 0. The standard InChI is InChI=1S/C28H25F3N3OP/c1-17-20(27(36)26(31)25(30)24(17)29)15-23(35)34(2)28-21(14-13-18-9-5-3-6-10-18)33-22(16-32-28)19-11-7-4-8-12-19/h3-12,16H,13-15,36H2,1-2H3. The molecule has 0 saturated carbocycles. The van der Waals surface area contributed by atoms with Crippen LogP contribution in [-0.2, 0) is 24.1 Å². The van der Waals surface area contributed by atoms with Crippen molar-refractivity contribution >= 4 is 26.3 Å². The van der Waals surface area contributed by atoms with Gasteiger partial charge >= 0.3 is 0 Å². The molecule has 0 aliphatic rings. The van der Waals surface area contributed by atoms with Crippen molar-refractivity contribution in [2.45, 2.75) is 26.2 Å². The number of hydrogen-bond acceptors (Lipinski definition) is 3. The Bertz CT molecular complexity index is 1370. The second-order valence-electron chi connectivity index (χ2n) is 8.47. The summed E-state index contributed by atoms with van der Waals surface area (Å²) in [6.45, 7) is 1.33. The summed E-state index contributed by atoms with van der Waals surface area (Å²) in [6.07, 6.45) is 2.49. The highest BCUT2D eigenvalue weighted by Crippen LogP contribution is 2.25. The molecular weight excluding hydrogens is 482 g/mol. The average molecular weight is 507 g/mol. The van der Waals surface area contributed by atoms with Crippen LogP contribution in [0.15, 0.2) is 66.9 Å². The minimum Gasteiger partial charge on any atom is -0.298 e. The summed E-state index contributed by atoms with van der Waals surface area (Å²) in [4.78, 5) is 23.9.